The van der Waals surface area contributed by atoms with Crippen molar-refractivity contribution in [3.8, 4) is 22.9 Å². The van der Waals surface area contributed by atoms with Crippen LogP contribution in [-0.2, 0) is 0 Å². The fourth-order valence-electron chi connectivity index (χ4n) is 1.66. The molecule has 0 radical (unpaired) electrons. The second-order valence-electron chi connectivity index (χ2n) is 3.74. The lowest BCUT2D eigenvalue weighted by molar-refractivity contribution is -0.286. The number of nitrogens with zero attached hydrogens (tertiary/aromatic N) is 1. The number of nitrogens with one attached hydrogen (secondary N) is 1. The number of aryl methyl sites for hydroxylation is 1. The fourth-order valence-corrected chi connectivity index (χ4v) is 1.66. The van der Waals surface area contributed by atoms with Crippen LogP contribution in [0.3, 0.4) is 0 Å². The number of H-pyrrole nitrogens is 1. The number of rotatable bonds is 1. The van der Waals surface area contributed by atoms with Crippen LogP contribution in [0.2, 0.25) is 0 Å². The minimum atomic E-state index is -3.58. The number of ether oxygens (including phenoxy) is 2. The van der Waals surface area contributed by atoms with E-state index in [4.69, 9.17) is 0 Å². The first kappa shape index (κ1) is 10.1. The van der Waals surface area contributed by atoms with Crippen molar-refractivity contribution >= 4 is 0 Å². The predicted octanol–water partition coefficient (Wildman–Crippen LogP) is 2.71. The van der Waals surface area contributed by atoms with E-state index < -0.39 is 6.29 Å². The molecular formula is C11H8F2N2O2. The molecule has 4 nitrogen and oxygen atoms in total. The van der Waals surface area contributed by atoms with Crippen LogP contribution in [0.1, 0.15) is 5.69 Å². The van der Waals surface area contributed by atoms with Gasteiger partial charge < -0.3 is 14.5 Å². The quantitative estimate of drug-likeness (QED) is 0.830. The van der Waals surface area contributed by atoms with Crippen LogP contribution < -0.4 is 9.47 Å². The number of alkyl halides is 2. The molecule has 0 spiro atoms. The summed E-state index contributed by atoms with van der Waals surface area (Å²) in [4.78, 5) is 7.12. The summed E-state index contributed by atoms with van der Waals surface area (Å²) in [6.45, 7) is 1.86. The Morgan fingerprint density at radius 3 is 2.71 bits per heavy atom. The molecule has 0 fully saturated rings. The summed E-state index contributed by atoms with van der Waals surface area (Å²) in [5, 5.41) is 0. The third-order valence-corrected chi connectivity index (χ3v) is 2.38. The monoisotopic (exact) mass is 238 g/mol. The second kappa shape index (κ2) is 3.19. The average Bonchev–Trinajstić information content (AvgIpc) is 2.78. The molecule has 0 bridgehead atoms. The van der Waals surface area contributed by atoms with Crippen molar-refractivity contribution in [3.63, 3.8) is 0 Å². The van der Waals surface area contributed by atoms with E-state index in [1.165, 1.54) is 12.1 Å². The maximum Gasteiger partial charge on any atom is 0.586 e. The van der Waals surface area contributed by atoms with Gasteiger partial charge >= 0.3 is 6.29 Å². The summed E-state index contributed by atoms with van der Waals surface area (Å²) in [6.07, 6.45) is -1.92. The van der Waals surface area contributed by atoms with Crippen molar-refractivity contribution in [2.24, 2.45) is 0 Å². The summed E-state index contributed by atoms with van der Waals surface area (Å²) >= 11 is 0. The van der Waals surface area contributed by atoms with E-state index in [0.29, 0.717) is 11.4 Å². The molecule has 0 aliphatic carbocycles. The van der Waals surface area contributed by atoms with Gasteiger partial charge in [0.05, 0.1) is 0 Å². The highest BCUT2D eigenvalue weighted by Crippen LogP contribution is 2.42. The summed E-state index contributed by atoms with van der Waals surface area (Å²) in [7, 11) is 0. The minimum Gasteiger partial charge on any atom is -0.395 e. The Labute approximate surface area is 95.2 Å². The van der Waals surface area contributed by atoms with Crippen LogP contribution in [0.5, 0.6) is 11.5 Å². The molecular weight excluding hydrogens is 230 g/mol. The van der Waals surface area contributed by atoms with Gasteiger partial charge in [0, 0.05) is 17.5 Å². The number of halogens is 2. The molecule has 2 heterocycles. The van der Waals surface area contributed by atoms with Gasteiger partial charge in [0.2, 0.25) is 0 Å². The molecule has 0 unspecified atom stereocenters. The van der Waals surface area contributed by atoms with Gasteiger partial charge in [-0.25, -0.2) is 4.98 Å². The molecule has 17 heavy (non-hydrogen) atoms. The molecule has 1 N–H and O–H groups in total. The van der Waals surface area contributed by atoms with Crippen LogP contribution in [0, 0.1) is 6.92 Å². The number of imidazole rings is 1. The van der Waals surface area contributed by atoms with Crippen molar-refractivity contribution in [2.75, 3.05) is 0 Å². The Hall–Kier alpha value is -2.11. The molecule has 0 atom stereocenters. The van der Waals surface area contributed by atoms with E-state index >= 15 is 0 Å². The fraction of sp³-hybridized carbons (Fsp3) is 0.182. The molecule has 1 aromatic heterocycles. The van der Waals surface area contributed by atoms with E-state index in [9.17, 15) is 8.78 Å². The lowest BCUT2D eigenvalue weighted by Crippen LogP contribution is -2.25. The van der Waals surface area contributed by atoms with Crippen molar-refractivity contribution < 1.29 is 18.3 Å². The predicted molar refractivity (Wildman–Crippen MR) is 55.0 cm³/mol. The first-order chi connectivity index (χ1) is 8.03. The molecule has 3 rings (SSSR count). The summed E-state index contributed by atoms with van der Waals surface area (Å²) in [5.41, 5.74) is 1.56. The van der Waals surface area contributed by atoms with Gasteiger partial charge in [-0.2, -0.15) is 0 Å². The van der Waals surface area contributed by atoms with Gasteiger partial charge in [0.15, 0.2) is 11.5 Å². The smallest absolute Gasteiger partial charge is 0.395 e. The van der Waals surface area contributed by atoms with E-state index in [1.807, 2.05) is 6.92 Å². The highest BCUT2D eigenvalue weighted by molar-refractivity contribution is 5.62. The number of hydrogen-bond donors (Lipinski definition) is 1. The van der Waals surface area contributed by atoms with Crippen molar-refractivity contribution in [3.05, 3.63) is 30.1 Å². The zero-order valence-electron chi connectivity index (χ0n) is 8.83. The van der Waals surface area contributed by atoms with Crippen LogP contribution in [-0.4, -0.2) is 16.3 Å². The molecule has 88 valence electrons. The molecule has 0 saturated carbocycles. The highest BCUT2D eigenvalue weighted by Gasteiger charge is 2.43. The van der Waals surface area contributed by atoms with E-state index in [2.05, 4.69) is 19.4 Å². The van der Waals surface area contributed by atoms with Crippen LogP contribution >= 0.6 is 0 Å². The van der Waals surface area contributed by atoms with Gasteiger partial charge in [0.25, 0.3) is 0 Å². The number of aromatic nitrogens is 2. The van der Waals surface area contributed by atoms with Gasteiger partial charge in [-0.3, -0.25) is 0 Å². The van der Waals surface area contributed by atoms with E-state index in [-0.39, 0.29) is 11.5 Å². The number of fused-ring (bicyclic) bond motifs is 1. The van der Waals surface area contributed by atoms with Gasteiger partial charge in [-0.15, -0.1) is 8.78 Å². The Bertz CT molecular complexity index is 581. The number of aromatic amines is 1. The maximum absolute atomic E-state index is 12.8. The van der Waals surface area contributed by atoms with Crippen molar-refractivity contribution in [2.45, 2.75) is 13.2 Å². The Kier molecular flexibility index (Phi) is 1.89. The van der Waals surface area contributed by atoms with E-state index in [1.54, 1.807) is 12.3 Å². The van der Waals surface area contributed by atoms with Crippen molar-refractivity contribution in [1.82, 2.24) is 9.97 Å². The largest absolute Gasteiger partial charge is 0.586 e. The van der Waals surface area contributed by atoms with Gasteiger partial charge in [-0.05, 0) is 25.1 Å². The number of hydrogen-bond acceptors (Lipinski definition) is 3. The zero-order valence-corrected chi connectivity index (χ0v) is 8.83. The topological polar surface area (TPSA) is 47.1 Å². The number of benzene rings is 1. The molecule has 1 aliphatic rings. The Morgan fingerprint density at radius 2 is 2.00 bits per heavy atom. The molecule has 0 saturated heterocycles. The van der Waals surface area contributed by atoms with Crippen molar-refractivity contribution in [1.29, 1.82) is 0 Å². The lowest BCUT2D eigenvalue weighted by Gasteiger charge is -2.04. The molecule has 0 amide bonds. The first-order valence-electron chi connectivity index (χ1n) is 4.95. The average molecular weight is 238 g/mol. The Morgan fingerprint density at radius 1 is 1.24 bits per heavy atom. The molecule has 6 heteroatoms. The van der Waals surface area contributed by atoms with Gasteiger partial charge in [-0.1, -0.05) is 0 Å². The third-order valence-electron chi connectivity index (χ3n) is 2.38. The molecule has 1 aromatic carbocycles. The molecule has 2 aromatic rings. The third kappa shape index (κ3) is 1.71. The summed E-state index contributed by atoms with van der Waals surface area (Å²) in [5.74, 6) is 0.646. The van der Waals surface area contributed by atoms with Crippen LogP contribution in [0.25, 0.3) is 11.4 Å². The minimum absolute atomic E-state index is 0.0153. The molecule has 1 aliphatic heterocycles. The highest BCUT2D eigenvalue weighted by atomic mass is 19.3. The standard InChI is InChI=1S/C11H8F2N2O2/c1-6-5-14-10(15-6)7-2-3-8-9(4-7)17-11(12,13)16-8/h2-5H,1H3,(H,14,15). The van der Waals surface area contributed by atoms with Gasteiger partial charge in [0.1, 0.15) is 5.82 Å². The summed E-state index contributed by atoms with van der Waals surface area (Å²) < 4.78 is 34.3. The maximum atomic E-state index is 12.8. The normalized spacial score (nSPS) is 16.2. The Balaban J connectivity index is 2.01. The zero-order chi connectivity index (χ0) is 12.0. The lowest BCUT2D eigenvalue weighted by atomic mass is 10.2. The van der Waals surface area contributed by atoms with E-state index in [0.717, 1.165) is 5.69 Å². The SMILES string of the molecule is Cc1cnc(-c2ccc3c(c2)OC(F)(F)O3)[nH]1. The first-order valence-corrected chi connectivity index (χ1v) is 4.95. The summed E-state index contributed by atoms with van der Waals surface area (Å²) in [6, 6.07) is 4.54. The van der Waals surface area contributed by atoms with Crippen LogP contribution in [0.15, 0.2) is 24.4 Å². The second-order valence-corrected chi connectivity index (χ2v) is 3.74. The van der Waals surface area contributed by atoms with Crippen LogP contribution in [0.4, 0.5) is 8.78 Å².